The number of aliphatic hydroxyl groups is 2. The highest BCUT2D eigenvalue weighted by molar-refractivity contribution is 4.94. The van der Waals surface area contributed by atoms with Gasteiger partial charge in [0.1, 0.15) is 25.0 Å². The molecule has 0 bridgehead atoms. The summed E-state index contributed by atoms with van der Waals surface area (Å²) >= 11 is 0. The monoisotopic (exact) mass is 250 g/mol. The van der Waals surface area contributed by atoms with E-state index in [4.69, 9.17) is 4.74 Å². The maximum absolute atomic E-state index is 12.4. The van der Waals surface area contributed by atoms with Crippen LogP contribution in [0.5, 0.6) is 0 Å². The van der Waals surface area contributed by atoms with E-state index in [1.54, 1.807) is 0 Å². The zero-order valence-corrected chi connectivity index (χ0v) is 8.51. The molecule has 4 atom stereocenters. The molecule has 2 aliphatic heterocycles. The van der Waals surface area contributed by atoms with E-state index in [-0.39, 0.29) is 0 Å². The Balaban J connectivity index is 2.12. The molecule has 17 heavy (non-hydrogen) atoms. The minimum Gasteiger partial charge on any atom is -0.387 e. The maximum Gasteiger partial charge on any atom is 0.203 e. The van der Waals surface area contributed by atoms with E-state index in [0.717, 1.165) is 5.01 Å². The molecule has 1 saturated heterocycles. The zero-order chi connectivity index (χ0) is 12.6. The molecule has 0 saturated carbocycles. The van der Waals surface area contributed by atoms with E-state index in [1.165, 1.54) is 12.4 Å². The summed E-state index contributed by atoms with van der Waals surface area (Å²) in [5, 5.41) is 30.3. The van der Waals surface area contributed by atoms with E-state index in [1.807, 2.05) is 0 Å². The lowest BCUT2D eigenvalue weighted by Gasteiger charge is -2.27. The number of ether oxygens (including phenoxy) is 1. The molecule has 1 fully saturated rings. The number of hydrogen-bond donors (Lipinski definition) is 3. The van der Waals surface area contributed by atoms with Crippen molar-refractivity contribution in [3.8, 4) is 0 Å². The molecule has 0 aliphatic carbocycles. The highest BCUT2D eigenvalue weighted by Crippen LogP contribution is 2.26. The maximum atomic E-state index is 12.4. The molecule has 0 radical (unpaired) electrons. The van der Waals surface area contributed by atoms with Crippen LogP contribution in [0.3, 0.4) is 0 Å². The summed E-state index contributed by atoms with van der Waals surface area (Å²) in [6, 6.07) is 0. The fourth-order valence-electron chi connectivity index (χ4n) is 1.71. The molecule has 0 aromatic rings. The first-order chi connectivity index (χ1) is 8.06. The normalized spacial score (nSPS) is 36.4. The van der Waals surface area contributed by atoms with Gasteiger partial charge in [-0.25, -0.2) is 19.9 Å². The number of nitro groups is 1. The first-order valence-corrected chi connectivity index (χ1v) is 4.79. The molecule has 0 aromatic heterocycles. The number of nitrogens with zero attached hydrogens (tertiary/aromatic N) is 3. The summed E-state index contributed by atoms with van der Waals surface area (Å²) in [7, 11) is 0. The highest BCUT2D eigenvalue weighted by Gasteiger charge is 2.49. The van der Waals surface area contributed by atoms with Crippen LogP contribution in [-0.2, 0) is 4.74 Å². The topological polar surface area (TPSA) is 111 Å². The fourth-order valence-corrected chi connectivity index (χ4v) is 1.71. The zero-order valence-electron chi connectivity index (χ0n) is 8.51. The lowest BCUT2D eigenvalue weighted by atomic mass is 10.1. The van der Waals surface area contributed by atoms with Gasteiger partial charge in [0, 0.05) is 12.4 Å². The average molecular weight is 250 g/mol. The number of nitrogens with one attached hydrogen (secondary N) is 1. The van der Waals surface area contributed by atoms with Crippen LogP contribution in [0.1, 0.15) is 0 Å². The Labute approximate surface area is 94.7 Å². The molecule has 2 aliphatic rings. The van der Waals surface area contributed by atoms with Crippen molar-refractivity contribution >= 4 is 0 Å². The summed E-state index contributed by atoms with van der Waals surface area (Å²) < 4.78 is 17.5. The van der Waals surface area contributed by atoms with Gasteiger partial charge in [-0.3, -0.25) is 0 Å². The first kappa shape index (κ1) is 11.8. The molecule has 10 heteroatoms. The lowest BCUT2D eigenvalue weighted by molar-refractivity contribution is -0.710. The molecule has 0 spiro atoms. The molecule has 0 unspecified atom stereocenters. The Hall–Kier alpha value is -1.65. The Bertz CT molecular complexity index is 342. The van der Waals surface area contributed by atoms with Crippen LogP contribution in [0.2, 0.25) is 0 Å². The lowest BCUT2D eigenvalue weighted by Crippen LogP contribution is -2.53. The predicted molar refractivity (Wildman–Crippen MR) is 49.6 cm³/mol. The molecule has 9 nitrogen and oxygen atoms in total. The molecular weight excluding hydrogens is 239 g/mol. The van der Waals surface area contributed by atoms with E-state index >= 15 is 0 Å². The first-order valence-electron chi connectivity index (χ1n) is 4.79. The van der Waals surface area contributed by atoms with Gasteiger partial charge in [0.05, 0.1) is 5.23 Å². The minimum absolute atomic E-state index is 0.460. The standard InChI is InChI=1S/C7H11FN4O5/c8-3-4-5(13)6(14)7(17-4)10-2-1-9-11(10)12(15)16/h1-2,4-7,9,13-14H,3H2/t4-,5-,6+,7+/m1/s1. The van der Waals surface area contributed by atoms with Crippen LogP contribution < -0.4 is 5.43 Å². The summed E-state index contributed by atoms with van der Waals surface area (Å²) in [5.41, 5.74) is 2.26. The van der Waals surface area contributed by atoms with E-state index in [2.05, 4.69) is 5.43 Å². The average Bonchev–Trinajstić information content (AvgIpc) is 2.86. The van der Waals surface area contributed by atoms with Crippen LogP contribution >= 0.6 is 0 Å². The number of hydrazine groups is 3. The molecule has 3 N–H and O–H groups in total. The van der Waals surface area contributed by atoms with Gasteiger partial charge in [0.25, 0.3) is 0 Å². The van der Waals surface area contributed by atoms with Crippen molar-refractivity contribution < 1.29 is 24.4 Å². The van der Waals surface area contributed by atoms with Crippen LogP contribution in [0, 0.1) is 10.1 Å². The van der Waals surface area contributed by atoms with Crippen molar-refractivity contribution in [2.24, 2.45) is 0 Å². The fraction of sp³-hybridized carbons (Fsp3) is 0.714. The minimum atomic E-state index is -1.44. The Morgan fingerprint density at radius 2 is 2.24 bits per heavy atom. The summed E-state index contributed by atoms with van der Waals surface area (Å²) in [6.07, 6.45) is -2.80. The molecule has 96 valence electrons. The third-order valence-electron chi connectivity index (χ3n) is 2.54. The molecular formula is C7H11FN4O5. The summed E-state index contributed by atoms with van der Waals surface area (Å²) in [5.74, 6) is 0. The van der Waals surface area contributed by atoms with Crippen LogP contribution in [0.25, 0.3) is 0 Å². The summed E-state index contributed by atoms with van der Waals surface area (Å²) in [6.45, 7) is -0.988. The second kappa shape index (κ2) is 4.31. The van der Waals surface area contributed by atoms with E-state index in [0.29, 0.717) is 5.23 Å². The molecule has 2 rings (SSSR count). The van der Waals surface area contributed by atoms with Crippen molar-refractivity contribution in [1.29, 1.82) is 0 Å². The Kier molecular flexibility index (Phi) is 3.00. The highest BCUT2D eigenvalue weighted by atomic mass is 19.1. The van der Waals surface area contributed by atoms with Crippen molar-refractivity contribution in [2.75, 3.05) is 6.67 Å². The van der Waals surface area contributed by atoms with E-state index in [9.17, 15) is 24.7 Å². The molecule has 2 heterocycles. The van der Waals surface area contributed by atoms with E-state index < -0.39 is 36.2 Å². The predicted octanol–water partition coefficient (Wildman–Crippen LogP) is -1.90. The number of halogens is 1. The second-order valence-electron chi connectivity index (χ2n) is 3.55. The van der Waals surface area contributed by atoms with Crippen molar-refractivity contribution in [2.45, 2.75) is 24.5 Å². The van der Waals surface area contributed by atoms with Crippen LogP contribution in [0.15, 0.2) is 12.4 Å². The van der Waals surface area contributed by atoms with Crippen molar-refractivity contribution in [1.82, 2.24) is 15.7 Å². The number of aliphatic hydroxyl groups excluding tert-OH is 2. The quantitative estimate of drug-likeness (QED) is 0.393. The number of rotatable bonds is 3. The molecule has 0 aromatic carbocycles. The second-order valence-corrected chi connectivity index (χ2v) is 3.55. The SMILES string of the molecule is O=[N+]([O-])N1NC=CN1[C@H]1O[C@H](CF)[C@@H](O)[C@@H]1O. The van der Waals surface area contributed by atoms with Crippen LogP contribution in [-0.4, -0.2) is 56.7 Å². The third kappa shape index (κ3) is 1.85. The van der Waals surface area contributed by atoms with Gasteiger partial charge in [-0.15, -0.1) is 0 Å². The van der Waals surface area contributed by atoms with Gasteiger partial charge in [-0.05, 0) is 0 Å². The van der Waals surface area contributed by atoms with Gasteiger partial charge in [0.15, 0.2) is 6.23 Å². The van der Waals surface area contributed by atoms with Gasteiger partial charge in [-0.2, -0.15) is 5.01 Å². The van der Waals surface area contributed by atoms with Gasteiger partial charge >= 0.3 is 0 Å². The smallest absolute Gasteiger partial charge is 0.203 e. The van der Waals surface area contributed by atoms with Gasteiger partial charge in [-0.1, -0.05) is 0 Å². The van der Waals surface area contributed by atoms with Crippen LogP contribution in [0.4, 0.5) is 4.39 Å². The third-order valence-corrected chi connectivity index (χ3v) is 2.54. The molecule has 0 amide bonds. The van der Waals surface area contributed by atoms with Gasteiger partial charge < -0.3 is 14.9 Å². The summed E-state index contributed by atoms with van der Waals surface area (Å²) in [4.78, 5) is 10.6. The largest absolute Gasteiger partial charge is 0.387 e. The van der Waals surface area contributed by atoms with Crippen molar-refractivity contribution in [3.63, 3.8) is 0 Å². The number of hydrogen-bond acceptors (Lipinski definition) is 7. The number of alkyl halides is 1. The Morgan fingerprint density at radius 3 is 2.76 bits per heavy atom. The van der Waals surface area contributed by atoms with Crippen molar-refractivity contribution in [3.05, 3.63) is 22.5 Å². The van der Waals surface area contributed by atoms with Gasteiger partial charge in [0.2, 0.25) is 5.03 Å². The Morgan fingerprint density at radius 1 is 1.53 bits per heavy atom.